The molecule has 4 rings (SSSR count). The molecule has 2 N–H and O–H groups in total. The highest BCUT2D eigenvalue weighted by atomic mass is 32.1. The molecule has 2 heterocycles. The fourth-order valence-corrected chi connectivity index (χ4v) is 5.02. The van der Waals surface area contributed by atoms with Gasteiger partial charge in [-0.3, -0.25) is 9.59 Å². The largest absolute Gasteiger partial charge is 0.481 e. The normalized spacial score (nSPS) is 26.2. The molecule has 1 aromatic heterocycles. The second-order valence-electron chi connectivity index (χ2n) is 7.79. The number of carbonyl (C=O) groups is 2. The molecule has 2 aromatic rings. The molecular weight excluding hydrogens is 350 g/mol. The number of aliphatic hydroxyl groups excluding tert-OH is 1. The van der Waals surface area contributed by atoms with Crippen LogP contribution in [0.1, 0.15) is 40.9 Å². The molecule has 1 amide bonds. The van der Waals surface area contributed by atoms with Gasteiger partial charge in [0.05, 0.1) is 11.0 Å². The van der Waals surface area contributed by atoms with Gasteiger partial charge in [-0.25, -0.2) is 0 Å². The number of aliphatic carboxylic acids is 1. The molecule has 1 saturated heterocycles. The van der Waals surface area contributed by atoms with Crippen LogP contribution in [0.15, 0.2) is 24.3 Å². The number of carboxylic acid groups (broad SMARTS) is 1. The van der Waals surface area contributed by atoms with Crippen molar-refractivity contribution in [3.05, 3.63) is 34.7 Å². The molecule has 2 atom stereocenters. The van der Waals surface area contributed by atoms with Gasteiger partial charge >= 0.3 is 5.97 Å². The number of nitrogens with zero attached hydrogens (tertiary/aromatic N) is 1. The van der Waals surface area contributed by atoms with Crippen LogP contribution in [0.5, 0.6) is 0 Å². The van der Waals surface area contributed by atoms with Crippen molar-refractivity contribution in [3.8, 4) is 0 Å². The van der Waals surface area contributed by atoms with Crippen molar-refractivity contribution in [2.45, 2.75) is 38.7 Å². The van der Waals surface area contributed by atoms with Crippen LogP contribution in [0.25, 0.3) is 10.1 Å². The van der Waals surface area contributed by atoms with E-state index in [2.05, 4.69) is 6.07 Å². The van der Waals surface area contributed by atoms with E-state index in [1.54, 1.807) is 4.90 Å². The average Bonchev–Trinajstić information content (AvgIpc) is 3.31. The third-order valence-electron chi connectivity index (χ3n) is 5.73. The lowest BCUT2D eigenvalue weighted by Crippen LogP contribution is -2.57. The molecule has 5 nitrogen and oxygen atoms in total. The van der Waals surface area contributed by atoms with Crippen LogP contribution in [0.3, 0.4) is 0 Å². The average molecular weight is 373 g/mol. The second-order valence-corrected chi connectivity index (χ2v) is 8.88. The van der Waals surface area contributed by atoms with Crippen molar-refractivity contribution in [3.63, 3.8) is 0 Å². The number of piperidine rings is 1. The number of fused-ring (bicyclic) bond motifs is 1. The van der Waals surface area contributed by atoms with E-state index >= 15 is 0 Å². The SMILES string of the molecule is Cc1ccc2sc(C(=O)N3CC[C@H](O)[C@](CC4CC4)(C(=O)O)C3)cc2c1. The number of amides is 1. The Morgan fingerprint density at radius 3 is 2.73 bits per heavy atom. The van der Waals surface area contributed by atoms with E-state index in [0.29, 0.717) is 30.2 Å². The van der Waals surface area contributed by atoms with E-state index in [9.17, 15) is 19.8 Å². The van der Waals surface area contributed by atoms with Gasteiger partial charge in [-0.2, -0.15) is 0 Å². The van der Waals surface area contributed by atoms with Crippen molar-refractivity contribution < 1.29 is 19.8 Å². The Morgan fingerprint density at radius 1 is 1.27 bits per heavy atom. The summed E-state index contributed by atoms with van der Waals surface area (Å²) in [6, 6.07) is 7.98. The Labute approximate surface area is 156 Å². The molecule has 2 fully saturated rings. The van der Waals surface area contributed by atoms with E-state index in [1.165, 1.54) is 11.3 Å². The molecule has 1 aliphatic heterocycles. The summed E-state index contributed by atoms with van der Waals surface area (Å²) in [5, 5.41) is 21.4. The van der Waals surface area contributed by atoms with E-state index in [4.69, 9.17) is 0 Å². The summed E-state index contributed by atoms with van der Waals surface area (Å²) in [6.07, 6.45) is 1.92. The molecule has 0 radical (unpaired) electrons. The van der Waals surface area contributed by atoms with Gasteiger partial charge in [0.2, 0.25) is 0 Å². The highest BCUT2D eigenvalue weighted by molar-refractivity contribution is 7.20. The Hall–Kier alpha value is -1.92. The van der Waals surface area contributed by atoms with E-state index in [0.717, 1.165) is 28.5 Å². The lowest BCUT2D eigenvalue weighted by molar-refractivity contribution is -0.163. The summed E-state index contributed by atoms with van der Waals surface area (Å²) in [4.78, 5) is 27.3. The van der Waals surface area contributed by atoms with Gasteiger partial charge in [-0.1, -0.05) is 30.5 Å². The molecular formula is C20H23NO4S. The minimum absolute atomic E-state index is 0.0894. The number of aliphatic hydroxyl groups is 1. The summed E-state index contributed by atoms with van der Waals surface area (Å²) in [5.41, 5.74) is -0.0905. The van der Waals surface area contributed by atoms with Gasteiger partial charge < -0.3 is 15.1 Å². The van der Waals surface area contributed by atoms with Gasteiger partial charge in [0.1, 0.15) is 5.41 Å². The molecule has 1 aromatic carbocycles. The van der Waals surface area contributed by atoms with Crippen LogP contribution < -0.4 is 0 Å². The molecule has 26 heavy (non-hydrogen) atoms. The molecule has 1 aliphatic carbocycles. The molecule has 138 valence electrons. The van der Waals surface area contributed by atoms with Crippen LogP contribution in [-0.2, 0) is 4.79 Å². The van der Waals surface area contributed by atoms with E-state index in [1.807, 2.05) is 25.1 Å². The maximum atomic E-state index is 13.0. The minimum atomic E-state index is -1.23. The molecule has 1 saturated carbocycles. The Kier molecular flexibility index (Phi) is 4.28. The zero-order valence-electron chi connectivity index (χ0n) is 14.8. The Morgan fingerprint density at radius 2 is 2.04 bits per heavy atom. The fraction of sp³-hybridized carbons (Fsp3) is 0.500. The molecule has 0 bridgehead atoms. The van der Waals surface area contributed by atoms with Crippen molar-refractivity contribution in [1.29, 1.82) is 0 Å². The monoisotopic (exact) mass is 373 g/mol. The standard InChI is InChI=1S/C20H23NO4S/c1-12-2-5-15-14(8-12)9-16(26-15)18(23)21-7-6-17(22)20(11-21,19(24)25)10-13-3-4-13/h2,5,8-9,13,17,22H,3-4,6-7,10-11H2,1H3,(H,24,25)/t17-,20+/m0/s1. The quantitative estimate of drug-likeness (QED) is 0.862. The number of rotatable bonds is 4. The van der Waals surface area contributed by atoms with Gasteiger partial charge in [0, 0.05) is 17.8 Å². The summed E-state index contributed by atoms with van der Waals surface area (Å²) < 4.78 is 1.05. The third-order valence-corrected chi connectivity index (χ3v) is 6.83. The lowest BCUT2D eigenvalue weighted by Gasteiger charge is -2.43. The summed E-state index contributed by atoms with van der Waals surface area (Å²) >= 11 is 1.44. The number of carbonyl (C=O) groups excluding carboxylic acids is 1. The van der Waals surface area contributed by atoms with Crippen LogP contribution >= 0.6 is 11.3 Å². The van der Waals surface area contributed by atoms with E-state index < -0.39 is 17.5 Å². The maximum Gasteiger partial charge on any atom is 0.314 e. The first-order valence-corrected chi connectivity index (χ1v) is 9.92. The molecule has 6 heteroatoms. The van der Waals surface area contributed by atoms with E-state index in [-0.39, 0.29) is 12.5 Å². The Bertz CT molecular complexity index is 872. The van der Waals surface area contributed by atoms with Gasteiger partial charge in [-0.05, 0) is 43.2 Å². The smallest absolute Gasteiger partial charge is 0.314 e. The number of thiophene rings is 1. The maximum absolute atomic E-state index is 13.0. The van der Waals surface area contributed by atoms with Crippen molar-refractivity contribution in [2.24, 2.45) is 11.3 Å². The van der Waals surface area contributed by atoms with Crippen LogP contribution in [0, 0.1) is 18.3 Å². The lowest BCUT2D eigenvalue weighted by atomic mass is 9.73. The predicted octanol–water partition coefficient (Wildman–Crippen LogP) is 3.29. The van der Waals surface area contributed by atoms with Gasteiger partial charge in [-0.15, -0.1) is 11.3 Å². The zero-order valence-corrected chi connectivity index (χ0v) is 15.6. The molecule has 2 aliphatic rings. The molecule has 0 spiro atoms. The summed E-state index contributed by atoms with van der Waals surface area (Å²) in [7, 11) is 0. The first kappa shape index (κ1) is 17.5. The predicted molar refractivity (Wildman–Crippen MR) is 100 cm³/mol. The first-order valence-electron chi connectivity index (χ1n) is 9.10. The first-order chi connectivity index (χ1) is 12.4. The fourth-order valence-electron chi connectivity index (χ4n) is 4.01. The number of benzene rings is 1. The number of hydrogen-bond donors (Lipinski definition) is 2. The second kappa shape index (κ2) is 6.35. The van der Waals surface area contributed by atoms with Crippen LogP contribution in [-0.4, -0.2) is 46.2 Å². The van der Waals surface area contributed by atoms with Crippen molar-refractivity contribution >= 4 is 33.3 Å². The highest BCUT2D eigenvalue weighted by Gasteiger charge is 2.52. The van der Waals surface area contributed by atoms with Gasteiger partial charge in [0.15, 0.2) is 0 Å². The Balaban J connectivity index is 1.61. The topological polar surface area (TPSA) is 77.8 Å². The van der Waals surface area contributed by atoms with Crippen LogP contribution in [0.2, 0.25) is 0 Å². The zero-order chi connectivity index (χ0) is 18.5. The minimum Gasteiger partial charge on any atom is -0.481 e. The summed E-state index contributed by atoms with van der Waals surface area (Å²) in [5.74, 6) is -0.748. The third kappa shape index (κ3) is 3.01. The number of hydrogen-bond acceptors (Lipinski definition) is 4. The molecule has 0 unspecified atom stereocenters. The van der Waals surface area contributed by atoms with Gasteiger partial charge in [0.25, 0.3) is 5.91 Å². The number of aryl methyl sites for hydroxylation is 1. The number of carboxylic acids is 1. The highest BCUT2D eigenvalue weighted by Crippen LogP contribution is 2.45. The van der Waals surface area contributed by atoms with Crippen molar-refractivity contribution in [1.82, 2.24) is 4.90 Å². The van der Waals surface area contributed by atoms with Crippen LogP contribution in [0.4, 0.5) is 0 Å². The van der Waals surface area contributed by atoms with Crippen molar-refractivity contribution in [2.75, 3.05) is 13.1 Å². The number of likely N-dealkylation sites (tertiary alicyclic amines) is 1. The summed E-state index contributed by atoms with van der Waals surface area (Å²) in [6.45, 7) is 2.50.